The Balaban J connectivity index is 3.69. The number of nitrogens with one attached hydrogen (secondary N) is 1. The van der Waals surface area contributed by atoms with Crippen molar-refractivity contribution in [1.29, 1.82) is 0 Å². The summed E-state index contributed by atoms with van der Waals surface area (Å²) < 4.78 is 4.81. The molecule has 1 atom stereocenters. The SMILES string of the molecule is CCOC(=O)CCCNC(=O)CC(C)C(C)(C)C. The summed E-state index contributed by atoms with van der Waals surface area (Å²) >= 11 is 0. The van der Waals surface area contributed by atoms with Crippen LogP contribution >= 0.6 is 0 Å². The van der Waals surface area contributed by atoms with Gasteiger partial charge in [-0.2, -0.15) is 0 Å². The van der Waals surface area contributed by atoms with E-state index in [1.807, 2.05) is 0 Å². The van der Waals surface area contributed by atoms with Crippen molar-refractivity contribution >= 4 is 11.9 Å². The minimum Gasteiger partial charge on any atom is -0.466 e. The normalized spacial score (nSPS) is 12.9. The maximum absolute atomic E-state index is 11.6. The second kappa shape index (κ2) is 8.11. The number of amides is 1. The number of carbonyl (C=O) groups is 2. The average Bonchev–Trinajstić information content (AvgIpc) is 2.23. The zero-order valence-corrected chi connectivity index (χ0v) is 12.3. The van der Waals surface area contributed by atoms with Crippen LogP contribution in [0.3, 0.4) is 0 Å². The third-order valence-electron chi connectivity index (χ3n) is 3.16. The van der Waals surface area contributed by atoms with Crippen molar-refractivity contribution in [3.63, 3.8) is 0 Å². The van der Waals surface area contributed by atoms with Crippen molar-refractivity contribution in [2.24, 2.45) is 11.3 Å². The lowest BCUT2D eigenvalue weighted by molar-refractivity contribution is -0.143. The third-order valence-corrected chi connectivity index (χ3v) is 3.16. The van der Waals surface area contributed by atoms with E-state index in [4.69, 9.17) is 4.74 Å². The second-order valence-corrected chi connectivity index (χ2v) is 5.73. The highest BCUT2D eigenvalue weighted by Gasteiger charge is 2.22. The van der Waals surface area contributed by atoms with Gasteiger partial charge in [0.2, 0.25) is 5.91 Å². The quantitative estimate of drug-likeness (QED) is 0.563. The Kier molecular flexibility index (Phi) is 7.64. The van der Waals surface area contributed by atoms with Gasteiger partial charge >= 0.3 is 5.97 Å². The molecule has 0 saturated heterocycles. The van der Waals surface area contributed by atoms with E-state index in [0.29, 0.717) is 38.3 Å². The summed E-state index contributed by atoms with van der Waals surface area (Å²) in [5.74, 6) is 0.193. The Morgan fingerprint density at radius 3 is 2.39 bits per heavy atom. The number of carbonyl (C=O) groups excluding carboxylic acids is 2. The molecule has 0 radical (unpaired) electrons. The van der Waals surface area contributed by atoms with Crippen LogP contribution < -0.4 is 5.32 Å². The van der Waals surface area contributed by atoms with Crippen LogP contribution in [0.15, 0.2) is 0 Å². The van der Waals surface area contributed by atoms with E-state index in [2.05, 4.69) is 33.0 Å². The topological polar surface area (TPSA) is 55.4 Å². The Bertz CT molecular complexity index is 269. The first-order valence-electron chi connectivity index (χ1n) is 6.69. The molecule has 4 nitrogen and oxygen atoms in total. The van der Waals surface area contributed by atoms with E-state index in [-0.39, 0.29) is 17.3 Å². The molecular weight excluding hydrogens is 230 g/mol. The second-order valence-electron chi connectivity index (χ2n) is 5.73. The zero-order valence-electron chi connectivity index (χ0n) is 12.3. The van der Waals surface area contributed by atoms with E-state index in [0.717, 1.165) is 0 Å². The van der Waals surface area contributed by atoms with E-state index in [1.54, 1.807) is 6.92 Å². The van der Waals surface area contributed by atoms with Crippen LogP contribution in [0.4, 0.5) is 0 Å². The van der Waals surface area contributed by atoms with Gasteiger partial charge in [-0.15, -0.1) is 0 Å². The lowest BCUT2D eigenvalue weighted by atomic mass is 9.80. The molecule has 0 fully saturated rings. The smallest absolute Gasteiger partial charge is 0.305 e. The van der Waals surface area contributed by atoms with Crippen molar-refractivity contribution in [2.45, 2.75) is 53.9 Å². The Hall–Kier alpha value is -1.06. The van der Waals surface area contributed by atoms with Crippen LogP contribution in [0.2, 0.25) is 0 Å². The van der Waals surface area contributed by atoms with Gasteiger partial charge in [0, 0.05) is 19.4 Å². The van der Waals surface area contributed by atoms with Crippen LogP contribution in [0.25, 0.3) is 0 Å². The average molecular weight is 257 g/mol. The standard InChI is InChI=1S/C14H27NO3/c1-6-18-13(17)8-7-9-15-12(16)10-11(2)14(3,4)5/h11H,6-10H2,1-5H3,(H,15,16). The molecule has 1 unspecified atom stereocenters. The van der Waals surface area contributed by atoms with Gasteiger partial charge in [-0.3, -0.25) is 9.59 Å². The summed E-state index contributed by atoms with van der Waals surface area (Å²) in [7, 11) is 0. The molecule has 1 N–H and O–H groups in total. The molecule has 0 aliphatic heterocycles. The number of esters is 1. The fraction of sp³-hybridized carbons (Fsp3) is 0.857. The first kappa shape index (κ1) is 16.9. The van der Waals surface area contributed by atoms with Crippen molar-refractivity contribution in [3.8, 4) is 0 Å². The van der Waals surface area contributed by atoms with Gasteiger partial charge in [0.1, 0.15) is 0 Å². The molecule has 106 valence electrons. The molecule has 0 aromatic rings. The third kappa shape index (κ3) is 8.09. The molecule has 0 rings (SSSR count). The largest absolute Gasteiger partial charge is 0.466 e. The van der Waals surface area contributed by atoms with E-state index >= 15 is 0 Å². The van der Waals surface area contributed by atoms with Gasteiger partial charge in [-0.25, -0.2) is 0 Å². The summed E-state index contributed by atoms with van der Waals surface area (Å²) in [6, 6.07) is 0. The van der Waals surface area contributed by atoms with Crippen LogP contribution in [0.1, 0.15) is 53.9 Å². The van der Waals surface area contributed by atoms with Gasteiger partial charge in [0.25, 0.3) is 0 Å². The summed E-state index contributed by atoms with van der Waals surface area (Å²) in [5.41, 5.74) is 0.141. The first-order valence-corrected chi connectivity index (χ1v) is 6.69. The van der Waals surface area contributed by atoms with Gasteiger partial charge in [0.15, 0.2) is 0 Å². The van der Waals surface area contributed by atoms with Gasteiger partial charge < -0.3 is 10.1 Å². The van der Waals surface area contributed by atoms with Crippen LogP contribution in [0.5, 0.6) is 0 Å². The maximum Gasteiger partial charge on any atom is 0.305 e. The molecule has 0 spiro atoms. The van der Waals surface area contributed by atoms with Crippen LogP contribution in [-0.4, -0.2) is 25.0 Å². The van der Waals surface area contributed by atoms with E-state index in [1.165, 1.54) is 0 Å². The Morgan fingerprint density at radius 2 is 1.89 bits per heavy atom. The predicted octanol–water partition coefficient (Wildman–Crippen LogP) is 2.52. The summed E-state index contributed by atoms with van der Waals surface area (Å²) in [5, 5.41) is 2.84. The molecule has 0 aliphatic rings. The van der Waals surface area contributed by atoms with Crippen molar-refractivity contribution in [3.05, 3.63) is 0 Å². The van der Waals surface area contributed by atoms with Gasteiger partial charge in [0.05, 0.1) is 6.61 Å². The molecule has 0 aliphatic carbocycles. The van der Waals surface area contributed by atoms with Gasteiger partial charge in [-0.05, 0) is 24.7 Å². The number of hydrogen-bond acceptors (Lipinski definition) is 3. The molecule has 0 aromatic carbocycles. The highest BCUT2D eigenvalue weighted by molar-refractivity contribution is 5.76. The molecular formula is C14H27NO3. The number of rotatable bonds is 7. The molecule has 0 saturated carbocycles. The minimum absolute atomic E-state index is 0.0567. The fourth-order valence-electron chi connectivity index (χ4n) is 1.35. The Labute approximate surface area is 110 Å². The van der Waals surface area contributed by atoms with Crippen LogP contribution in [0, 0.1) is 11.3 Å². The summed E-state index contributed by atoms with van der Waals surface area (Å²) in [6.07, 6.45) is 1.53. The van der Waals surface area contributed by atoms with E-state index in [9.17, 15) is 9.59 Å². The summed E-state index contributed by atoms with van der Waals surface area (Å²) in [4.78, 5) is 22.7. The molecule has 1 amide bonds. The van der Waals surface area contributed by atoms with Crippen molar-refractivity contribution < 1.29 is 14.3 Å². The monoisotopic (exact) mass is 257 g/mol. The highest BCUT2D eigenvalue weighted by atomic mass is 16.5. The number of hydrogen-bond donors (Lipinski definition) is 1. The van der Waals surface area contributed by atoms with Gasteiger partial charge in [-0.1, -0.05) is 27.7 Å². The van der Waals surface area contributed by atoms with E-state index < -0.39 is 0 Å². The number of ether oxygens (including phenoxy) is 1. The Morgan fingerprint density at radius 1 is 1.28 bits per heavy atom. The minimum atomic E-state index is -0.199. The molecule has 0 heterocycles. The zero-order chi connectivity index (χ0) is 14.2. The lowest BCUT2D eigenvalue weighted by Crippen LogP contribution is -2.30. The van der Waals surface area contributed by atoms with Crippen molar-refractivity contribution in [1.82, 2.24) is 5.32 Å². The van der Waals surface area contributed by atoms with Crippen LogP contribution in [-0.2, 0) is 14.3 Å². The molecule has 18 heavy (non-hydrogen) atoms. The fourth-order valence-corrected chi connectivity index (χ4v) is 1.35. The lowest BCUT2D eigenvalue weighted by Gasteiger charge is -2.26. The molecule has 4 heteroatoms. The highest BCUT2D eigenvalue weighted by Crippen LogP contribution is 2.27. The summed E-state index contributed by atoms with van der Waals surface area (Å²) in [6.45, 7) is 11.2. The van der Waals surface area contributed by atoms with Crippen molar-refractivity contribution in [2.75, 3.05) is 13.2 Å². The predicted molar refractivity (Wildman–Crippen MR) is 72.1 cm³/mol. The maximum atomic E-state index is 11.6. The molecule has 0 aromatic heterocycles. The first-order chi connectivity index (χ1) is 8.27. The molecule has 0 bridgehead atoms.